The molecule has 0 radical (unpaired) electrons. The van der Waals surface area contributed by atoms with E-state index >= 15 is 0 Å². The summed E-state index contributed by atoms with van der Waals surface area (Å²) >= 11 is 0. The summed E-state index contributed by atoms with van der Waals surface area (Å²) in [6, 6.07) is 0.0603. The molecule has 0 aromatic carbocycles. The van der Waals surface area contributed by atoms with Gasteiger partial charge in [0.25, 0.3) is 0 Å². The minimum Gasteiger partial charge on any atom is -0.377 e. The Morgan fingerprint density at radius 1 is 1.29 bits per heavy atom. The van der Waals surface area contributed by atoms with Gasteiger partial charge < -0.3 is 19.7 Å². The van der Waals surface area contributed by atoms with E-state index in [0.717, 1.165) is 45.4 Å². The Kier molecular flexibility index (Phi) is 5.14. The van der Waals surface area contributed by atoms with Crippen LogP contribution in [0.2, 0.25) is 0 Å². The van der Waals surface area contributed by atoms with Gasteiger partial charge in [0.1, 0.15) is 0 Å². The second-order valence-electron chi connectivity index (χ2n) is 6.31. The van der Waals surface area contributed by atoms with Crippen LogP contribution in [0.1, 0.15) is 25.7 Å². The third-order valence-electron chi connectivity index (χ3n) is 4.76. The average Bonchev–Trinajstić information content (AvgIpc) is 3.15. The molecule has 118 valence electrons. The van der Waals surface area contributed by atoms with E-state index in [0.29, 0.717) is 31.6 Å². The van der Waals surface area contributed by atoms with Gasteiger partial charge in [-0.15, -0.1) is 0 Å². The van der Waals surface area contributed by atoms with Crippen molar-refractivity contribution >= 4 is 6.03 Å². The molecule has 0 aromatic heterocycles. The van der Waals surface area contributed by atoms with Crippen LogP contribution in [0.15, 0.2) is 12.2 Å². The summed E-state index contributed by atoms with van der Waals surface area (Å²) in [5, 5.41) is 2.96. The van der Waals surface area contributed by atoms with Gasteiger partial charge in [-0.25, -0.2) is 4.79 Å². The lowest BCUT2D eigenvalue weighted by Gasteiger charge is -2.17. The van der Waals surface area contributed by atoms with Crippen LogP contribution in [0.25, 0.3) is 0 Å². The van der Waals surface area contributed by atoms with Crippen molar-refractivity contribution in [1.82, 2.24) is 10.2 Å². The highest BCUT2D eigenvalue weighted by atomic mass is 16.5. The molecule has 2 saturated heterocycles. The molecule has 2 aliphatic heterocycles. The molecule has 3 atom stereocenters. The number of rotatable bonds is 5. The van der Waals surface area contributed by atoms with Crippen LogP contribution >= 0.6 is 0 Å². The third kappa shape index (κ3) is 3.98. The van der Waals surface area contributed by atoms with E-state index in [2.05, 4.69) is 17.5 Å². The van der Waals surface area contributed by atoms with Crippen molar-refractivity contribution in [2.75, 3.05) is 39.5 Å². The number of carbonyl (C=O) groups excluding carboxylic acids is 1. The van der Waals surface area contributed by atoms with E-state index in [1.165, 1.54) is 0 Å². The highest BCUT2D eigenvalue weighted by Gasteiger charge is 2.34. The van der Waals surface area contributed by atoms with E-state index in [1.807, 2.05) is 4.90 Å². The Balaban J connectivity index is 1.28. The molecule has 1 aliphatic carbocycles. The number of hydrogen-bond donors (Lipinski definition) is 1. The summed E-state index contributed by atoms with van der Waals surface area (Å²) < 4.78 is 11.0. The summed E-state index contributed by atoms with van der Waals surface area (Å²) in [7, 11) is 0. The molecule has 2 heterocycles. The number of urea groups is 1. The molecule has 2 amide bonds. The quantitative estimate of drug-likeness (QED) is 0.621. The van der Waals surface area contributed by atoms with Gasteiger partial charge in [-0.2, -0.15) is 0 Å². The zero-order chi connectivity index (χ0) is 14.5. The van der Waals surface area contributed by atoms with Crippen LogP contribution < -0.4 is 5.32 Å². The summed E-state index contributed by atoms with van der Waals surface area (Å²) in [4.78, 5) is 14.1. The first-order valence-corrected chi connectivity index (χ1v) is 8.20. The van der Waals surface area contributed by atoms with Crippen molar-refractivity contribution < 1.29 is 14.3 Å². The fourth-order valence-electron chi connectivity index (χ4n) is 3.51. The minimum absolute atomic E-state index is 0.0603. The number of likely N-dealkylation sites (tertiary alicyclic amines) is 1. The Morgan fingerprint density at radius 2 is 2.05 bits per heavy atom. The zero-order valence-electron chi connectivity index (χ0n) is 12.6. The van der Waals surface area contributed by atoms with Crippen LogP contribution in [0.5, 0.6) is 0 Å². The van der Waals surface area contributed by atoms with Gasteiger partial charge >= 0.3 is 6.03 Å². The Morgan fingerprint density at radius 3 is 2.71 bits per heavy atom. The first-order valence-electron chi connectivity index (χ1n) is 8.20. The molecular formula is C16H26N2O3. The van der Waals surface area contributed by atoms with Crippen molar-refractivity contribution in [2.24, 2.45) is 11.8 Å². The Hall–Kier alpha value is -1.07. The Labute approximate surface area is 126 Å². The molecule has 1 N–H and O–H groups in total. The first-order chi connectivity index (χ1) is 10.3. The fraction of sp³-hybridized carbons (Fsp3) is 0.812. The molecule has 2 fully saturated rings. The molecule has 0 aromatic rings. The number of hydrogen-bond acceptors (Lipinski definition) is 3. The maximum absolute atomic E-state index is 12.1. The molecule has 0 bridgehead atoms. The normalized spacial score (nSPS) is 31.4. The molecule has 5 nitrogen and oxygen atoms in total. The summed E-state index contributed by atoms with van der Waals surface area (Å²) in [5.41, 5.74) is 0. The predicted octanol–water partition coefficient (Wildman–Crippen LogP) is 1.79. The van der Waals surface area contributed by atoms with Crippen molar-refractivity contribution in [2.45, 2.75) is 31.8 Å². The predicted molar refractivity (Wildman–Crippen MR) is 80.1 cm³/mol. The molecule has 0 saturated carbocycles. The van der Waals surface area contributed by atoms with Gasteiger partial charge in [-0.05, 0) is 37.5 Å². The van der Waals surface area contributed by atoms with Crippen LogP contribution in [-0.4, -0.2) is 56.5 Å². The van der Waals surface area contributed by atoms with Crippen molar-refractivity contribution in [3.05, 3.63) is 12.2 Å². The average molecular weight is 294 g/mol. The largest absolute Gasteiger partial charge is 0.377 e. The maximum Gasteiger partial charge on any atom is 0.317 e. The number of fused-ring (bicyclic) bond motifs is 1. The second-order valence-corrected chi connectivity index (χ2v) is 6.31. The second kappa shape index (κ2) is 7.27. The van der Waals surface area contributed by atoms with E-state index in [1.54, 1.807) is 0 Å². The molecule has 0 unspecified atom stereocenters. The zero-order valence-corrected chi connectivity index (χ0v) is 12.6. The van der Waals surface area contributed by atoms with Crippen molar-refractivity contribution in [1.29, 1.82) is 0 Å². The van der Waals surface area contributed by atoms with E-state index < -0.39 is 0 Å². The Bertz CT molecular complexity index is 364. The number of ether oxygens (including phenoxy) is 2. The number of allylic oxidation sites excluding steroid dienone is 2. The van der Waals surface area contributed by atoms with Gasteiger partial charge in [-0.3, -0.25) is 0 Å². The van der Waals surface area contributed by atoms with Crippen LogP contribution in [0.4, 0.5) is 4.79 Å². The van der Waals surface area contributed by atoms with Crippen molar-refractivity contribution in [3.63, 3.8) is 0 Å². The summed E-state index contributed by atoms with van der Waals surface area (Å²) in [6.07, 6.45) is 9.24. The molecule has 0 spiro atoms. The van der Waals surface area contributed by atoms with E-state index in [4.69, 9.17) is 9.47 Å². The maximum atomic E-state index is 12.1. The summed E-state index contributed by atoms with van der Waals surface area (Å²) in [5.74, 6) is 1.33. The highest BCUT2D eigenvalue weighted by Crippen LogP contribution is 2.32. The van der Waals surface area contributed by atoms with Gasteiger partial charge in [0.05, 0.1) is 19.3 Å². The standard InChI is InChI=1S/C16H26N2O3/c19-16(17-7-9-20-12-15-6-3-8-21-15)18-10-13-4-1-2-5-14(13)11-18/h1-2,13-15H,3-12H2,(H,17,19)/t13-,14-,15-/m0/s1. The SMILES string of the molecule is O=C(NCCOC[C@@H]1CCCO1)N1C[C@@H]2CC=CC[C@H]2C1. The lowest BCUT2D eigenvalue weighted by molar-refractivity contribution is 0.0186. The van der Waals surface area contributed by atoms with Gasteiger partial charge in [0.15, 0.2) is 0 Å². The lowest BCUT2D eigenvalue weighted by atomic mass is 9.86. The third-order valence-corrected chi connectivity index (χ3v) is 4.76. The highest BCUT2D eigenvalue weighted by molar-refractivity contribution is 5.74. The molecule has 3 rings (SSSR count). The molecule has 3 aliphatic rings. The van der Waals surface area contributed by atoms with Crippen LogP contribution in [-0.2, 0) is 9.47 Å². The minimum atomic E-state index is 0.0603. The van der Waals surface area contributed by atoms with E-state index in [9.17, 15) is 4.79 Å². The van der Waals surface area contributed by atoms with Crippen LogP contribution in [0.3, 0.4) is 0 Å². The smallest absolute Gasteiger partial charge is 0.317 e. The number of nitrogens with one attached hydrogen (secondary N) is 1. The molecule has 21 heavy (non-hydrogen) atoms. The van der Waals surface area contributed by atoms with Gasteiger partial charge in [0, 0.05) is 26.2 Å². The fourth-order valence-corrected chi connectivity index (χ4v) is 3.51. The van der Waals surface area contributed by atoms with Crippen LogP contribution in [0, 0.1) is 11.8 Å². The summed E-state index contributed by atoms with van der Waals surface area (Å²) in [6.45, 7) is 4.45. The van der Waals surface area contributed by atoms with E-state index in [-0.39, 0.29) is 12.1 Å². The van der Waals surface area contributed by atoms with Crippen molar-refractivity contribution in [3.8, 4) is 0 Å². The van der Waals surface area contributed by atoms with Gasteiger partial charge in [-0.1, -0.05) is 12.2 Å². The number of nitrogens with zero attached hydrogens (tertiary/aromatic N) is 1. The molecule has 5 heteroatoms. The molecular weight excluding hydrogens is 268 g/mol. The topological polar surface area (TPSA) is 50.8 Å². The number of carbonyl (C=O) groups is 1. The monoisotopic (exact) mass is 294 g/mol. The number of amides is 2. The lowest BCUT2D eigenvalue weighted by Crippen LogP contribution is -2.40. The van der Waals surface area contributed by atoms with Gasteiger partial charge in [0.2, 0.25) is 0 Å². The first kappa shape index (κ1) is 14.9.